The smallest absolute Gasteiger partial charge is 0.223 e. The third-order valence-electron chi connectivity index (χ3n) is 5.77. The van der Waals surface area contributed by atoms with Crippen molar-refractivity contribution in [3.8, 4) is 5.75 Å². The monoisotopic (exact) mass is 418 g/mol. The van der Waals surface area contributed by atoms with Crippen LogP contribution >= 0.6 is 11.3 Å². The molecule has 3 heterocycles. The second-order valence-electron chi connectivity index (χ2n) is 7.69. The molecule has 4 rings (SSSR count). The van der Waals surface area contributed by atoms with Crippen molar-refractivity contribution in [1.29, 1.82) is 0 Å². The maximum Gasteiger partial charge on any atom is 0.223 e. The molecule has 158 valence electrons. The van der Waals surface area contributed by atoms with E-state index in [9.17, 15) is 4.79 Å². The summed E-state index contributed by atoms with van der Waals surface area (Å²) in [5, 5.41) is 4.18. The number of nitrogens with one attached hydrogen (secondary N) is 1. The van der Waals surface area contributed by atoms with E-state index in [2.05, 4.69) is 15.1 Å². The lowest BCUT2D eigenvalue weighted by Crippen LogP contribution is -2.41. The molecule has 2 aliphatic rings. The average Bonchev–Trinajstić information content (AvgIpc) is 3.20. The van der Waals surface area contributed by atoms with Gasteiger partial charge in [0, 0.05) is 38.6 Å². The highest BCUT2D eigenvalue weighted by atomic mass is 32.1. The first-order valence-corrected chi connectivity index (χ1v) is 11.3. The second kappa shape index (κ2) is 9.73. The predicted molar refractivity (Wildman–Crippen MR) is 116 cm³/mol. The number of fused-ring (bicyclic) bond motifs is 1. The van der Waals surface area contributed by atoms with Crippen molar-refractivity contribution >= 4 is 32.6 Å². The zero-order valence-corrected chi connectivity index (χ0v) is 17.9. The molecule has 0 spiro atoms. The lowest BCUT2D eigenvalue weighted by Gasteiger charge is -2.31. The van der Waals surface area contributed by atoms with Crippen molar-refractivity contribution in [2.75, 3.05) is 64.5 Å². The summed E-state index contributed by atoms with van der Waals surface area (Å²) in [5.74, 6) is 1.18. The number of nitrogens with zero attached hydrogens (tertiary/aromatic N) is 3. The fourth-order valence-corrected chi connectivity index (χ4v) is 5.02. The van der Waals surface area contributed by atoms with Crippen LogP contribution in [0.4, 0.5) is 5.13 Å². The molecular formula is C21H30N4O3S. The molecular weight excluding hydrogens is 388 g/mol. The van der Waals surface area contributed by atoms with E-state index in [1.165, 1.54) is 0 Å². The summed E-state index contributed by atoms with van der Waals surface area (Å²) in [5.41, 5.74) is 1.01. The number of ether oxygens (including phenoxy) is 2. The van der Waals surface area contributed by atoms with Gasteiger partial charge in [0.25, 0.3) is 0 Å². The molecule has 1 N–H and O–H groups in total. The molecule has 1 aromatic carbocycles. The van der Waals surface area contributed by atoms with Crippen LogP contribution in [0.1, 0.15) is 19.3 Å². The van der Waals surface area contributed by atoms with Gasteiger partial charge < -0.3 is 19.7 Å². The zero-order chi connectivity index (χ0) is 20.1. The molecule has 0 atom stereocenters. The minimum atomic E-state index is 0.115. The van der Waals surface area contributed by atoms with E-state index >= 15 is 0 Å². The van der Waals surface area contributed by atoms with Gasteiger partial charge in [0.05, 0.1) is 30.5 Å². The molecule has 2 saturated heterocycles. The van der Waals surface area contributed by atoms with Gasteiger partial charge in [-0.05, 0) is 44.0 Å². The normalized spacial score (nSPS) is 18.9. The van der Waals surface area contributed by atoms with Gasteiger partial charge in [-0.2, -0.15) is 0 Å². The molecule has 0 saturated carbocycles. The number of hydrogen-bond acceptors (Lipinski definition) is 7. The number of carbonyl (C=O) groups excluding carboxylic acids is 1. The highest BCUT2D eigenvalue weighted by Gasteiger charge is 2.26. The number of methoxy groups -OCH3 is 1. The Balaban J connectivity index is 1.21. The molecule has 1 amide bonds. The average molecular weight is 419 g/mol. The maximum absolute atomic E-state index is 12.5. The minimum absolute atomic E-state index is 0.115. The Hall–Kier alpha value is -1.90. The zero-order valence-electron chi connectivity index (χ0n) is 17.1. The Bertz CT molecular complexity index is 813. The van der Waals surface area contributed by atoms with E-state index in [1.54, 1.807) is 18.4 Å². The quantitative estimate of drug-likeness (QED) is 0.697. The number of aromatic nitrogens is 1. The number of benzene rings is 1. The van der Waals surface area contributed by atoms with Gasteiger partial charge in [0.1, 0.15) is 5.75 Å². The standard InChI is InChI=1S/C21H30N4O3S/c1-27-17-3-4-18-19(15-17)29-21(23-18)25-9-5-16(6-10-25)20(26)22-7-2-8-24-11-13-28-14-12-24/h3-4,15-16H,2,5-14H2,1H3,(H,22,26). The van der Waals surface area contributed by atoms with Gasteiger partial charge >= 0.3 is 0 Å². The summed E-state index contributed by atoms with van der Waals surface area (Å²) in [6.07, 6.45) is 2.77. The first kappa shape index (κ1) is 20.4. The lowest BCUT2D eigenvalue weighted by atomic mass is 9.96. The van der Waals surface area contributed by atoms with Crippen molar-refractivity contribution < 1.29 is 14.3 Å². The van der Waals surface area contributed by atoms with Crippen LogP contribution in [0.25, 0.3) is 10.2 Å². The van der Waals surface area contributed by atoms with E-state index in [4.69, 9.17) is 14.5 Å². The van der Waals surface area contributed by atoms with Crippen LogP contribution in [0.2, 0.25) is 0 Å². The van der Waals surface area contributed by atoms with Gasteiger partial charge in [0.2, 0.25) is 5.91 Å². The van der Waals surface area contributed by atoms with Crippen LogP contribution in [0.5, 0.6) is 5.75 Å². The second-order valence-corrected chi connectivity index (χ2v) is 8.70. The predicted octanol–water partition coefficient (Wildman–Crippen LogP) is 2.36. The van der Waals surface area contributed by atoms with Gasteiger partial charge in [-0.25, -0.2) is 4.98 Å². The van der Waals surface area contributed by atoms with Gasteiger partial charge in [-0.15, -0.1) is 0 Å². The van der Waals surface area contributed by atoms with Crippen LogP contribution in [0.3, 0.4) is 0 Å². The highest BCUT2D eigenvalue weighted by Crippen LogP contribution is 2.33. The topological polar surface area (TPSA) is 66.9 Å². The number of hydrogen-bond donors (Lipinski definition) is 1. The van der Waals surface area contributed by atoms with Crippen molar-refractivity contribution in [3.63, 3.8) is 0 Å². The number of rotatable bonds is 7. The number of amides is 1. The first-order valence-electron chi connectivity index (χ1n) is 10.5. The number of morpholine rings is 1. The third kappa shape index (κ3) is 5.18. The van der Waals surface area contributed by atoms with Gasteiger partial charge in [0.15, 0.2) is 5.13 Å². The number of piperidine rings is 1. The summed E-state index contributed by atoms with van der Waals surface area (Å²) in [7, 11) is 1.68. The molecule has 1 aromatic heterocycles. The van der Waals surface area contributed by atoms with E-state index in [0.29, 0.717) is 0 Å². The van der Waals surface area contributed by atoms with Crippen LogP contribution in [0, 0.1) is 5.92 Å². The Morgan fingerprint density at radius 3 is 2.83 bits per heavy atom. The molecule has 2 aliphatic heterocycles. The SMILES string of the molecule is COc1ccc2nc(N3CCC(C(=O)NCCCN4CCOCC4)CC3)sc2c1. The van der Waals surface area contributed by atoms with E-state index in [0.717, 1.165) is 92.8 Å². The molecule has 0 unspecified atom stereocenters. The van der Waals surface area contributed by atoms with Crippen molar-refractivity contribution in [2.45, 2.75) is 19.3 Å². The van der Waals surface area contributed by atoms with Crippen LogP contribution < -0.4 is 15.0 Å². The number of carbonyl (C=O) groups is 1. The molecule has 8 heteroatoms. The fourth-order valence-electron chi connectivity index (χ4n) is 3.97. The Morgan fingerprint density at radius 2 is 2.07 bits per heavy atom. The molecule has 29 heavy (non-hydrogen) atoms. The summed E-state index contributed by atoms with van der Waals surface area (Å²) in [6.45, 7) is 7.21. The maximum atomic E-state index is 12.5. The third-order valence-corrected chi connectivity index (χ3v) is 6.85. The molecule has 2 fully saturated rings. The van der Waals surface area contributed by atoms with E-state index in [1.807, 2.05) is 18.2 Å². The Kier molecular flexibility index (Phi) is 6.84. The van der Waals surface area contributed by atoms with Gasteiger partial charge in [-0.1, -0.05) is 11.3 Å². The van der Waals surface area contributed by atoms with E-state index in [-0.39, 0.29) is 11.8 Å². The summed E-state index contributed by atoms with van der Waals surface area (Å²) in [6, 6.07) is 5.99. The van der Waals surface area contributed by atoms with Crippen molar-refractivity contribution in [3.05, 3.63) is 18.2 Å². The molecule has 2 aromatic rings. The molecule has 0 aliphatic carbocycles. The number of anilines is 1. The Morgan fingerprint density at radius 1 is 1.28 bits per heavy atom. The fraction of sp³-hybridized carbons (Fsp3) is 0.619. The highest BCUT2D eigenvalue weighted by molar-refractivity contribution is 7.22. The number of thiazole rings is 1. The molecule has 0 radical (unpaired) electrons. The van der Waals surface area contributed by atoms with Crippen LogP contribution in [-0.4, -0.2) is 75.4 Å². The van der Waals surface area contributed by atoms with E-state index < -0.39 is 0 Å². The summed E-state index contributed by atoms with van der Waals surface area (Å²) < 4.78 is 11.8. The summed E-state index contributed by atoms with van der Waals surface area (Å²) >= 11 is 1.69. The van der Waals surface area contributed by atoms with Crippen LogP contribution in [0.15, 0.2) is 18.2 Å². The first-order chi connectivity index (χ1) is 14.2. The molecule has 7 nitrogen and oxygen atoms in total. The summed E-state index contributed by atoms with van der Waals surface area (Å²) in [4.78, 5) is 22.0. The van der Waals surface area contributed by atoms with Crippen molar-refractivity contribution in [2.24, 2.45) is 5.92 Å². The largest absolute Gasteiger partial charge is 0.497 e. The van der Waals surface area contributed by atoms with Crippen molar-refractivity contribution in [1.82, 2.24) is 15.2 Å². The van der Waals surface area contributed by atoms with Gasteiger partial charge in [-0.3, -0.25) is 9.69 Å². The lowest BCUT2D eigenvalue weighted by molar-refractivity contribution is -0.125. The minimum Gasteiger partial charge on any atom is -0.497 e. The Labute approximate surface area is 176 Å². The molecule has 0 bridgehead atoms. The van der Waals surface area contributed by atoms with Crippen LogP contribution in [-0.2, 0) is 9.53 Å².